The number of hydrogen-bond donors (Lipinski definition) is 2. The van der Waals surface area contributed by atoms with Crippen LogP contribution >= 0.6 is 11.3 Å². The molecule has 4 N–H and O–H groups in total. The third-order valence-electron chi connectivity index (χ3n) is 2.54. The molecule has 0 aliphatic heterocycles. The van der Waals surface area contributed by atoms with Gasteiger partial charge in [-0.3, -0.25) is 4.79 Å². The van der Waals surface area contributed by atoms with Crippen LogP contribution in [-0.4, -0.2) is 22.8 Å². The SMILES string of the molecule is CN(Cc1cscn1)C(=O)c1ccc(N)cc1N. The average Bonchev–Trinajstić information content (AvgIpc) is 2.81. The summed E-state index contributed by atoms with van der Waals surface area (Å²) in [5.74, 6) is -0.138. The molecule has 94 valence electrons. The molecule has 1 amide bonds. The lowest BCUT2D eigenvalue weighted by atomic mass is 10.1. The van der Waals surface area contributed by atoms with E-state index in [1.54, 1.807) is 35.7 Å². The quantitative estimate of drug-likeness (QED) is 0.822. The standard InChI is InChI=1S/C12H14N4OS/c1-16(5-9-6-18-7-15-9)12(17)10-3-2-8(13)4-11(10)14/h2-4,6-7H,5,13-14H2,1H3. The van der Waals surface area contributed by atoms with E-state index in [0.717, 1.165) is 5.69 Å². The molecule has 0 aliphatic rings. The van der Waals surface area contributed by atoms with Crippen molar-refractivity contribution >= 4 is 28.6 Å². The predicted octanol–water partition coefficient (Wildman–Crippen LogP) is 1.58. The molecule has 0 spiro atoms. The number of hydrogen-bond acceptors (Lipinski definition) is 5. The van der Waals surface area contributed by atoms with Crippen LogP contribution in [0.1, 0.15) is 16.1 Å². The van der Waals surface area contributed by atoms with Crippen LogP contribution in [0.15, 0.2) is 29.1 Å². The molecule has 1 aromatic heterocycles. The van der Waals surface area contributed by atoms with Crippen LogP contribution in [0.4, 0.5) is 11.4 Å². The Morgan fingerprint density at radius 3 is 2.83 bits per heavy atom. The van der Waals surface area contributed by atoms with Crippen molar-refractivity contribution in [2.75, 3.05) is 18.5 Å². The Morgan fingerprint density at radius 2 is 2.22 bits per heavy atom. The highest BCUT2D eigenvalue weighted by atomic mass is 32.1. The van der Waals surface area contributed by atoms with E-state index < -0.39 is 0 Å². The lowest BCUT2D eigenvalue weighted by molar-refractivity contribution is 0.0784. The Labute approximate surface area is 109 Å². The van der Waals surface area contributed by atoms with Gasteiger partial charge in [0, 0.05) is 23.8 Å². The molecule has 0 fully saturated rings. The fourth-order valence-electron chi connectivity index (χ4n) is 1.61. The molecule has 0 saturated heterocycles. The monoisotopic (exact) mass is 262 g/mol. The van der Waals surface area contributed by atoms with Crippen molar-refractivity contribution in [3.63, 3.8) is 0 Å². The maximum absolute atomic E-state index is 12.2. The Bertz CT molecular complexity index is 553. The van der Waals surface area contributed by atoms with Crippen LogP contribution in [0, 0.1) is 0 Å². The van der Waals surface area contributed by atoms with E-state index in [1.165, 1.54) is 11.3 Å². The Kier molecular flexibility index (Phi) is 3.47. The number of carbonyl (C=O) groups excluding carboxylic acids is 1. The normalized spacial score (nSPS) is 10.3. The first-order chi connectivity index (χ1) is 8.58. The third kappa shape index (κ3) is 2.60. The number of nitrogens with two attached hydrogens (primary N) is 2. The topological polar surface area (TPSA) is 85.2 Å². The number of nitrogen functional groups attached to an aromatic ring is 2. The van der Waals surface area contributed by atoms with Crippen molar-refractivity contribution in [1.82, 2.24) is 9.88 Å². The van der Waals surface area contributed by atoms with Crippen LogP contribution in [0.25, 0.3) is 0 Å². The summed E-state index contributed by atoms with van der Waals surface area (Å²) in [5.41, 5.74) is 15.4. The molecule has 0 aliphatic carbocycles. The van der Waals surface area contributed by atoms with Crippen molar-refractivity contribution in [1.29, 1.82) is 0 Å². The molecule has 6 heteroatoms. The summed E-state index contributed by atoms with van der Waals surface area (Å²) < 4.78 is 0. The molecule has 1 aromatic carbocycles. The molecule has 0 atom stereocenters. The minimum Gasteiger partial charge on any atom is -0.399 e. The lowest BCUT2D eigenvalue weighted by Gasteiger charge is -2.17. The van der Waals surface area contributed by atoms with Gasteiger partial charge in [-0.05, 0) is 18.2 Å². The van der Waals surface area contributed by atoms with Crippen molar-refractivity contribution in [2.24, 2.45) is 0 Å². The highest BCUT2D eigenvalue weighted by Gasteiger charge is 2.15. The van der Waals surface area contributed by atoms with Crippen LogP contribution in [-0.2, 0) is 6.54 Å². The van der Waals surface area contributed by atoms with E-state index in [1.807, 2.05) is 5.38 Å². The summed E-state index contributed by atoms with van der Waals surface area (Å²) in [6.07, 6.45) is 0. The molecular formula is C12H14N4OS. The van der Waals surface area contributed by atoms with Crippen molar-refractivity contribution in [3.8, 4) is 0 Å². The zero-order chi connectivity index (χ0) is 13.1. The molecule has 0 bridgehead atoms. The first-order valence-corrected chi connectivity index (χ1v) is 6.29. The minimum absolute atomic E-state index is 0.138. The zero-order valence-electron chi connectivity index (χ0n) is 9.96. The second-order valence-electron chi connectivity index (χ2n) is 3.99. The highest BCUT2D eigenvalue weighted by Crippen LogP contribution is 2.18. The Hall–Kier alpha value is -2.08. The van der Waals surface area contributed by atoms with Crippen LogP contribution in [0.3, 0.4) is 0 Å². The smallest absolute Gasteiger partial charge is 0.256 e. The van der Waals surface area contributed by atoms with Gasteiger partial charge in [0.2, 0.25) is 0 Å². The number of rotatable bonds is 3. The van der Waals surface area contributed by atoms with E-state index in [9.17, 15) is 4.79 Å². The first-order valence-electron chi connectivity index (χ1n) is 5.35. The molecule has 0 unspecified atom stereocenters. The van der Waals surface area contributed by atoms with Gasteiger partial charge in [0.15, 0.2) is 0 Å². The number of amides is 1. The summed E-state index contributed by atoms with van der Waals surface area (Å²) in [6, 6.07) is 4.90. The summed E-state index contributed by atoms with van der Waals surface area (Å²) in [6.45, 7) is 0.464. The summed E-state index contributed by atoms with van der Waals surface area (Å²) >= 11 is 1.50. The molecular weight excluding hydrogens is 248 g/mol. The van der Waals surface area contributed by atoms with E-state index >= 15 is 0 Å². The van der Waals surface area contributed by atoms with E-state index in [2.05, 4.69) is 4.98 Å². The van der Waals surface area contributed by atoms with Gasteiger partial charge in [-0.15, -0.1) is 11.3 Å². The zero-order valence-corrected chi connectivity index (χ0v) is 10.8. The summed E-state index contributed by atoms with van der Waals surface area (Å²) in [4.78, 5) is 17.9. The Balaban J connectivity index is 2.15. The number of benzene rings is 1. The largest absolute Gasteiger partial charge is 0.399 e. The van der Waals surface area contributed by atoms with Crippen molar-refractivity contribution in [2.45, 2.75) is 6.54 Å². The van der Waals surface area contributed by atoms with Crippen molar-refractivity contribution < 1.29 is 4.79 Å². The second kappa shape index (κ2) is 5.05. The average molecular weight is 262 g/mol. The van der Waals surface area contributed by atoms with E-state index in [-0.39, 0.29) is 5.91 Å². The molecule has 0 saturated carbocycles. The van der Waals surface area contributed by atoms with Gasteiger partial charge in [-0.25, -0.2) is 4.98 Å². The fourth-order valence-corrected chi connectivity index (χ4v) is 2.16. The fraction of sp³-hybridized carbons (Fsp3) is 0.167. The van der Waals surface area contributed by atoms with Crippen molar-refractivity contribution in [3.05, 3.63) is 40.3 Å². The maximum atomic E-state index is 12.2. The van der Waals surface area contributed by atoms with Gasteiger partial charge >= 0.3 is 0 Å². The number of aromatic nitrogens is 1. The van der Waals surface area contributed by atoms with Crippen LogP contribution in [0.2, 0.25) is 0 Å². The van der Waals surface area contributed by atoms with E-state index in [4.69, 9.17) is 11.5 Å². The van der Waals surface area contributed by atoms with Crippen LogP contribution in [0.5, 0.6) is 0 Å². The predicted molar refractivity (Wildman–Crippen MR) is 73.2 cm³/mol. The van der Waals surface area contributed by atoms with Gasteiger partial charge in [-0.2, -0.15) is 0 Å². The highest BCUT2D eigenvalue weighted by molar-refractivity contribution is 7.07. The third-order valence-corrected chi connectivity index (χ3v) is 3.17. The maximum Gasteiger partial charge on any atom is 0.256 e. The minimum atomic E-state index is -0.138. The Morgan fingerprint density at radius 1 is 1.44 bits per heavy atom. The molecule has 2 rings (SSSR count). The summed E-state index contributed by atoms with van der Waals surface area (Å²) in [7, 11) is 1.72. The second-order valence-corrected chi connectivity index (χ2v) is 4.71. The van der Waals surface area contributed by atoms with Gasteiger partial charge in [-0.1, -0.05) is 0 Å². The molecule has 5 nitrogen and oxygen atoms in total. The van der Waals surface area contributed by atoms with Crippen LogP contribution < -0.4 is 11.5 Å². The van der Waals surface area contributed by atoms with Gasteiger partial charge in [0.1, 0.15) is 0 Å². The summed E-state index contributed by atoms with van der Waals surface area (Å²) in [5, 5.41) is 1.91. The molecule has 0 radical (unpaired) electrons. The molecule has 1 heterocycles. The van der Waals surface area contributed by atoms with Gasteiger partial charge < -0.3 is 16.4 Å². The number of anilines is 2. The molecule has 2 aromatic rings. The number of nitrogens with zero attached hydrogens (tertiary/aromatic N) is 2. The lowest BCUT2D eigenvalue weighted by Crippen LogP contribution is -2.27. The van der Waals surface area contributed by atoms with Gasteiger partial charge in [0.25, 0.3) is 5.91 Å². The number of thiazole rings is 1. The number of carbonyl (C=O) groups is 1. The molecule has 18 heavy (non-hydrogen) atoms. The van der Waals surface area contributed by atoms with E-state index in [0.29, 0.717) is 23.5 Å². The first kappa shape index (κ1) is 12.4. The van der Waals surface area contributed by atoms with Gasteiger partial charge in [0.05, 0.1) is 23.3 Å².